The van der Waals surface area contributed by atoms with Crippen molar-refractivity contribution in [1.29, 1.82) is 0 Å². The minimum atomic E-state index is -0.0593. The van der Waals surface area contributed by atoms with E-state index in [9.17, 15) is 5.11 Å². The van der Waals surface area contributed by atoms with Crippen molar-refractivity contribution in [2.24, 2.45) is 0 Å². The van der Waals surface area contributed by atoms with E-state index in [4.69, 9.17) is 9.72 Å². The molecule has 0 saturated carbocycles. The Morgan fingerprint density at radius 2 is 2.00 bits per heavy atom. The van der Waals surface area contributed by atoms with Crippen molar-refractivity contribution in [3.05, 3.63) is 60.0 Å². The van der Waals surface area contributed by atoms with Crippen LogP contribution in [0.15, 0.2) is 48.9 Å². The summed E-state index contributed by atoms with van der Waals surface area (Å²) in [5.74, 6) is 0.687. The van der Waals surface area contributed by atoms with E-state index in [1.54, 1.807) is 25.7 Å². The van der Waals surface area contributed by atoms with E-state index in [-0.39, 0.29) is 6.61 Å². The second-order valence-corrected chi connectivity index (χ2v) is 6.77. The van der Waals surface area contributed by atoms with Crippen molar-refractivity contribution in [2.75, 3.05) is 7.11 Å². The number of rotatable bonds is 5. The monoisotopic (exact) mass is 386 g/mol. The number of aromatic nitrogens is 6. The van der Waals surface area contributed by atoms with E-state index in [1.807, 2.05) is 30.3 Å². The second kappa shape index (κ2) is 7.08. The van der Waals surface area contributed by atoms with Crippen molar-refractivity contribution >= 4 is 22.1 Å². The lowest BCUT2D eigenvalue weighted by molar-refractivity contribution is 0.186. The van der Waals surface area contributed by atoms with Crippen LogP contribution in [0.4, 0.5) is 0 Å². The molecular formula is C21H18N6O2. The van der Waals surface area contributed by atoms with Gasteiger partial charge in [0.25, 0.3) is 0 Å². The lowest BCUT2D eigenvalue weighted by Crippen LogP contribution is -1.89. The first-order valence-corrected chi connectivity index (χ1v) is 9.13. The van der Waals surface area contributed by atoms with E-state index in [2.05, 4.69) is 25.1 Å². The van der Waals surface area contributed by atoms with Gasteiger partial charge in [0.1, 0.15) is 5.69 Å². The van der Waals surface area contributed by atoms with Gasteiger partial charge < -0.3 is 14.8 Å². The Labute approximate surface area is 165 Å². The van der Waals surface area contributed by atoms with Crippen LogP contribution in [0.5, 0.6) is 0 Å². The minimum absolute atomic E-state index is 0.0593. The number of methoxy groups -OCH3 is 1. The number of imidazole rings is 1. The van der Waals surface area contributed by atoms with E-state index < -0.39 is 0 Å². The molecule has 4 aromatic heterocycles. The molecule has 4 heterocycles. The SMILES string of the molecule is COCc1cccc2[nH]c(-c3[nH]nc4ncc(-c5cncc(CO)c5)cc34)nc12. The first-order valence-electron chi connectivity index (χ1n) is 9.13. The number of aliphatic hydroxyl groups excluding tert-OH is 1. The highest BCUT2D eigenvalue weighted by molar-refractivity contribution is 5.93. The van der Waals surface area contributed by atoms with Gasteiger partial charge in [-0.1, -0.05) is 12.1 Å². The molecule has 144 valence electrons. The Kier molecular flexibility index (Phi) is 4.27. The Morgan fingerprint density at radius 3 is 2.86 bits per heavy atom. The number of para-hydroxylation sites is 1. The largest absolute Gasteiger partial charge is 0.392 e. The molecule has 8 heteroatoms. The molecule has 3 N–H and O–H groups in total. The number of aliphatic hydroxyl groups is 1. The van der Waals surface area contributed by atoms with Gasteiger partial charge in [0.05, 0.1) is 29.6 Å². The predicted molar refractivity (Wildman–Crippen MR) is 109 cm³/mol. The third-order valence-electron chi connectivity index (χ3n) is 4.85. The maximum absolute atomic E-state index is 9.38. The summed E-state index contributed by atoms with van der Waals surface area (Å²) in [4.78, 5) is 16.8. The highest BCUT2D eigenvalue weighted by atomic mass is 16.5. The van der Waals surface area contributed by atoms with Crippen LogP contribution in [-0.2, 0) is 18.0 Å². The minimum Gasteiger partial charge on any atom is -0.392 e. The Bertz CT molecular complexity index is 1320. The highest BCUT2D eigenvalue weighted by Crippen LogP contribution is 2.30. The molecule has 0 saturated heterocycles. The quantitative estimate of drug-likeness (QED) is 0.428. The fourth-order valence-electron chi connectivity index (χ4n) is 3.45. The van der Waals surface area contributed by atoms with Crippen LogP contribution in [0.1, 0.15) is 11.1 Å². The number of hydrogen-bond donors (Lipinski definition) is 3. The predicted octanol–water partition coefficient (Wildman–Crippen LogP) is 3.20. The normalized spacial score (nSPS) is 11.5. The van der Waals surface area contributed by atoms with Gasteiger partial charge in [-0.3, -0.25) is 10.1 Å². The van der Waals surface area contributed by atoms with Crippen LogP contribution in [0.25, 0.3) is 44.7 Å². The molecular weight excluding hydrogens is 368 g/mol. The molecule has 0 aliphatic heterocycles. The van der Waals surface area contributed by atoms with E-state index >= 15 is 0 Å². The van der Waals surface area contributed by atoms with Gasteiger partial charge in [0.2, 0.25) is 0 Å². The number of benzene rings is 1. The van der Waals surface area contributed by atoms with Gasteiger partial charge in [-0.25, -0.2) is 9.97 Å². The average molecular weight is 386 g/mol. The second-order valence-electron chi connectivity index (χ2n) is 6.77. The number of hydrogen-bond acceptors (Lipinski definition) is 6. The summed E-state index contributed by atoms with van der Waals surface area (Å²) in [6.07, 6.45) is 5.14. The summed E-state index contributed by atoms with van der Waals surface area (Å²) in [6, 6.07) is 9.86. The highest BCUT2D eigenvalue weighted by Gasteiger charge is 2.15. The molecule has 5 rings (SSSR count). The van der Waals surface area contributed by atoms with Crippen LogP contribution < -0.4 is 0 Å². The summed E-state index contributed by atoms with van der Waals surface area (Å²) in [7, 11) is 1.67. The van der Waals surface area contributed by atoms with Crippen LogP contribution in [0.2, 0.25) is 0 Å². The molecule has 0 aliphatic rings. The number of aromatic amines is 2. The molecule has 0 aliphatic carbocycles. The van der Waals surface area contributed by atoms with E-state index in [1.165, 1.54) is 0 Å². The summed E-state index contributed by atoms with van der Waals surface area (Å²) in [6.45, 7) is 0.432. The first kappa shape index (κ1) is 17.5. The Hall–Kier alpha value is -3.62. The molecule has 29 heavy (non-hydrogen) atoms. The van der Waals surface area contributed by atoms with E-state index in [0.717, 1.165) is 44.4 Å². The van der Waals surface area contributed by atoms with Crippen molar-refractivity contribution in [3.8, 4) is 22.6 Å². The molecule has 0 amide bonds. The maximum atomic E-state index is 9.38. The van der Waals surface area contributed by atoms with Gasteiger partial charge in [-0.15, -0.1) is 0 Å². The number of pyridine rings is 2. The fraction of sp³-hybridized carbons (Fsp3) is 0.143. The average Bonchev–Trinajstić information content (AvgIpc) is 3.38. The molecule has 5 aromatic rings. The Morgan fingerprint density at radius 1 is 1.10 bits per heavy atom. The van der Waals surface area contributed by atoms with E-state index in [0.29, 0.717) is 18.1 Å². The zero-order chi connectivity index (χ0) is 19.8. The molecule has 0 radical (unpaired) electrons. The van der Waals surface area contributed by atoms with Crippen LogP contribution >= 0.6 is 0 Å². The zero-order valence-corrected chi connectivity index (χ0v) is 15.7. The summed E-state index contributed by atoms with van der Waals surface area (Å²) < 4.78 is 5.28. The molecule has 8 nitrogen and oxygen atoms in total. The molecule has 0 unspecified atom stereocenters. The van der Waals surface area contributed by atoms with Gasteiger partial charge in [0.15, 0.2) is 11.5 Å². The summed E-state index contributed by atoms with van der Waals surface area (Å²) in [5, 5.41) is 17.6. The number of H-pyrrole nitrogens is 2. The topological polar surface area (TPSA) is 113 Å². The smallest absolute Gasteiger partial charge is 0.181 e. The number of fused-ring (bicyclic) bond motifs is 2. The van der Waals surface area contributed by atoms with Gasteiger partial charge in [0, 0.05) is 42.4 Å². The molecule has 1 aromatic carbocycles. The van der Waals surface area contributed by atoms with Crippen molar-refractivity contribution in [1.82, 2.24) is 30.1 Å². The van der Waals surface area contributed by atoms with Gasteiger partial charge in [-0.2, -0.15) is 5.10 Å². The molecule has 0 atom stereocenters. The van der Waals surface area contributed by atoms with Crippen molar-refractivity contribution in [3.63, 3.8) is 0 Å². The summed E-state index contributed by atoms with van der Waals surface area (Å²) in [5.41, 5.74) is 6.70. The lowest BCUT2D eigenvalue weighted by atomic mass is 10.1. The third-order valence-corrected chi connectivity index (χ3v) is 4.85. The van der Waals surface area contributed by atoms with Crippen LogP contribution in [0.3, 0.4) is 0 Å². The molecule has 0 fully saturated rings. The van der Waals surface area contributed by atoms with Crippen molar-refractivity contribution < 1.29 is 9.84 Å². The van der Waals surface area contributed by atoms with Gasteiger partial charge in [-0.05, 0) is 23.8 Å². The standard InChI is InChI=1S/C21H18N6O2/c1-29-11-13-3-2-4-17-18(13)25-21(24-17)19-16-6-15(9-23-20(16)27-26-19)14-5-12(10-28)7-22-8-14/h2-9,28H,10-11H2,1H3,(H,24,25)(H,23,26,27). The third kappa shape index (κ3) is 3.04. The fourth-order valence-corrected chi connectivity index (χ4v) is 3.45. The lowest BCUT2D eigenvalue weighted by Gasteiger charge is -2.03. The van der Waals surface area contributed by atoms with Gasteiger partial charge >= 0.3 is 0 Å². The van der Waals surface area contributed by atoms with Crippen LogP contribution in [0, 0.1) is 0 Å². The maximum Gasteiger partial charge on any atom is 0.181 e. The number of nitrogens with one attached hydrogen (secondary N) is 2. The first-order chi connectivity index (χ1) is 14.3. The number of ether oxygens (including phenoxy) is 1. The zero-order valence-electron chi connectivity index (χ0n) is 15.7. The number of nitrogens with zero attached hydrogens (tertiary/aromatic N) is 4. The Balaban J connectivity index is 1.64. The summed E-state index contributed by atoms with van der Waals surface area (Å²) >= 11 is 0. The van der Waals surface area contributed by atoms with Crippen molar-refractivity contribution in [2.45, 2.75) is 13.2 Å². The molecule has 0 spiro atoms. The molecule has 0 bridgehead atoms. The van der Waals surface area contributed by atoms with Crippen LogP contribution in [-0.4, -0.2) is 42.3 Å².